The summed E-state index contributed by atoms with van der Waals surface area (Å²) in [5, 5.41) is 2.76. The summed E-state index contributed by atoms with van der Waals surface area (Å²) in [6.07, 6.45) is 3.22. The van der Waals surface area contributed by atoms with Crippen molar-refractivity contribution in [3.63, 3.8) is 0 Å². The number of rotatable bonds is 6. The molecule has 2 aromatic rings. The van der Waals surface area contributed by atoms with Gasteiger partial charge in [-0.1, -0.05) is 6.92 Å². The lowest BCUT2D eigenvalue weighted by Crippen LogP contribution is -1.98. The van der Waals surface area contributed by atoms with Gasteiger partial charge in [-0.25, -0.2) is 9.78 Å². The van der Waals surface area contributed by atoms with E-state index >= 15 is 0 Å². The third kappa shape index (κ3) is 3.35. The van der Waals surface area contributed by atoms with E-state index in [1.165, 1.54) is 11.3 Å². The third-order valence-corrected chi connectivity index (χ3v) is 4.34. The van der Waals surface area contributed by atoms with Gasteiger partial charge in [-0.15, -0.1) is 11.3 Å². The Hall–Kier alpha value is -2.56. The van der Waals surface area contributed by atoms with Gasteiger partial charge in [0.1, 0.15) is 10.7 Å². The maximum absolute atomic E-state index is 10.6. The number of methoxy groups -OCH3 is 1. The molecular weight excluding hydrogens is 326 g/mol. The van der Waals surface area contributed by atoms with Crippen molar-refractivity contribution < 1.29 is 19.0 Å². The first-order valence-electron chi connectivity index (χ1n) is 7.64. The number of aromatic nitrogens is 1. The van der Waals surface area contributed by atoms with Crippen LogP contribution in [0.4, 0.5) is 0 Å². The minimum Gasteiger partial charge on any atom is -0.493 e. The second kappa shape index (κ2) is 7.34. The molecule has 0 amide bonds. The van der Waals surface area contributed by atoms with E-state index in [2.05, 4.69) is 11.9 Å². The SMILES string of the molecule is CCCOc1cc(-c2nc(C3=CCC(=C=O)O3)cs2)ccc1OC. The van der Waals surface area contributed by atoms with Crippen molar-refractivity contribution in [1.29, 1.82) is 0 Å². The van der Waals surface area contributed by atoms with E-state index in [4.69, 9.17) is 14.2 Å². The van der Waals surface area contributed by atoms with Crippen molar-refractivity contribution in [2.45, 2.75) is 19.8 Å². The normalized spacial score (nSPS) is 13.2. The fourth-order valence-electron chi connectivity index (χ4n) is 2.27. The van der Waals surface area contributed by atoms with E-state index in [0.717, 1.165) is 17.0 Å². The van der Waals surface area contributed by atoms with Crippen molar-refractivity contribution in [2.24, 2.45) is 0 Å². The number of ether oxygens (including phenoxy) is 3. The Morgan fingerprint density at radius 3 is 2.96 bits per heavy atom. The smallest absolute Gasteiger partial charge is 0.191 e. The van der Waals surface area contributed by atoms with Crippen LogP contribution in [-0.4, -0.2) is 24.6 Å². The number of nitrogens with zero attached hydrogens (tertiary/aromatic N) is 1. The molecule has 0 fully saturated rings. The van der Waals surface area contributed by atoms with Gasteiger partial charge in [-0.2, -0.15) is 0 Å². The fourth-order valence-corrected chi connectivity index (χ4v) is 3.08. The molecule has 1 aliphatic heterocycles. The van der Waals surface area contributed by atoms with Gasteiger partial charge in [0, 0.05) is 17.4 Å². The Balaban J connectivity index is 1.86. The van der Waals surface area contributed by atoms with E-state index in [-0.39, 0.29) is 0 Å². The summed E-state index contributed by atoms with van der Waals surface area (Å²) < 4.78 is 16.5. The van der Waals surface area contributed by atoms with Crippen LogP contribution in [0.3, 0.4) is 0 Å². The van der Waals surface area contributed by atoms with Crippen LogP contribution >= 0.6 is 11.3 Å². The summed E-state index contributed by atoms with van der Waals surface area (Å²) in [6, 6.07) is 5.75. The molecule has 0 saturated carbocycles. The lowest BCUT2D eigenvalue weighted by atomic mass is 10.2. The first kappa shape index (κ1) is 16.3. The maximum atomic E-state index is 10.6. The molecule has 0 N–H and O–H groups in total. The fraction of sp³-hybridized carbons (Fsp3) is 0.278. The van der Waals surface area contributed by atoms with Crippen LogP contribution in [0.25, 0.3) is 16.3 Å². The summed E-state index contributed by atoms with van der Waals surface area (Å²) in [6.45, 7) is 2.69. The van der Waals surface area contributed by atoms with E-state index in [1.807, 2.05) is 29.7 Å². The molecule has 1 aliphatic rings. The van der Waals surface area contributed by atoms with Crippen LogP contribution in [0, 0.1) is 0 Å². The molecule has 3 rings (SSSR count). The van der Waals surface area contributed by atoms with E-state index in [0.29, 0.717) is 41.7 Å². The molecule has 1 aromatic heterocycles. The second-order valence-corrected chi connectivity index (χ2v) is 6.01. The van der Waals surface area contributed by atoms with Gasteiger partial charge in [0.2, 0.25) is 0 Å². The first-order chi connectivity index (χ1) is 11.7. The van der Waals surface area contributed by atoms with Gasteiger partial charge in [-0.3, -0.25) is 0 Å². The molecule has 0 aliphatic carbocycles. The number of allylic oxidation sites excluding steroid dienone is 1. The summed E-state index contributed by atoms with van der Waals surface area (Å²) in [5.41, 5.74) is 1.66. The van der Waals surface area contributed by atoms with Crippen LogP contribution < -0.4 is 9.47 Å². The molecule has 0 saturated heterocycles. The standard InChI is InChI=1S/C18H17NO4S/c1-3-8-22-17-9-12(4-6-16(17)21-2)18-19-14(11-24-18)15-7-5-13(10-20)23-15/h4,6-7,9,11H,3,5,8H2,1-2H3. The molecule has 124 valence electrons. The predicted molar refractivity (Wildman–Crippen MR) is 92.8 cm³/mol. The quantitative estimate of drug-likeness (QED) is 0.740. The molecule has 6 heteroatoms. The first-order valence-corrected chi connectivity index (χ1v) is 8.52. The van der Waals surface area contributed by atoms with Crippen LogP contribution in [0.2, 0.25) is 0 Å². The topological polar surface area (TPSA) is 57.7 Å². The third-order valence-electron chi connectivity index (χ3n) is 3.45. The van der Waals surface area contributed by atoms with E-state index in [9.17, 15) is 4.79 Å². The highest BCUT2D eigenvalue weighted by molar-refractivity contribution is 7.13. The summed E-state index contributed by atoms with van der Waals surface area (Å²) in [5.74, 6) is 4.08. The molecule has 0 unspecified atom stereocenters. The number of thiazole rings is 1. The lowest BCUT2D eigenvalue weighted by Gasteiger charge is -2.10. The molecule has 1 aromatic carbocycles. The lowest BCUT2D eigenvalue weighted by molar-refractivity contribution is 0.294. The Morgan fingerprint density at radius 2 is 2.25 bits per heavy atom. The van der Waals surface area contributed by atoms with E-state index < -0.39 is 0 Å². The summed E-state index contributed by atoms with van der Waals surface area (Å²) in [4.78, 5) is 15.2. The molecule has 0 atom stereocenters. The highest BCUT2D eigenvalue weighted by Crippen LogP contribution is 2.36. The number of benzene rings is 1. The maximum Gasteiger partial charge on any atom is 0.191 e. The largest absolute Gasteiger partial charge is 0.493 e. The number of carbonyl (C=O) groups excluding carboxylic acids is 1. The predicted octanol–water partition coefficient (Wildman–Crippen LogP) is 4.08. The minimum atomic E-state index is 0.291. The van der Waals surface area contributed by atoms with Crippen molar-refractivity contribution >= 4 is 23.0 Å². The molecule has 2 heterocycles. The van der Waals surface area contributed by atoms with Gasteiger partial charge >= 0.3 is 0 Å². The van der Waals surface area contributed by atoms with Crippen LogP contribution in [-0.2, 0) is 9.53 Å². The average molecular weight is 343 g/mol. The zero-order valence-corrected chi connectivity index (χ0v) is 14.3. The van der Waals surface area contributed by atoms with Gasteiger partial charge in [0.15, 0.2) is 29.0 Å². The Labute approximate surface area is 144 Å². The van der Waals surface area contributed by atoms with E-state index in [1.54, 1.807) is 13.1 Å². The van der Waals surface area contributed by atoms with Gasteiger partial charge < -0.3 is 14.2 Å². The minimum absolute atomic E-state index is 0.291. The average Bonchev–Trinajstić information content (AvgIpc) is 3.28. The van der Waals surface area contributed by atoms with Gasteiger partial charge in [0.25, 0.3) is 0 Å². The molecule has 24 heavy (non-hydrogen) atoms. The molecule has 0 spiro atoms. The second-order valence-electron chi connectivity index (χ2n) is 5.15. The highest BCUT2D eigenvalue weighted by atomic mass is 32.1. The van der Waals surface area contributed by atoms with Crippen LogP contribution in [0.5, 0.6) is 11.5 Å². The monoisotopic (exact) mass is 343 g/mol. The molecular formula is C18H17NO4S. The van der Waals surface area contributed by atoms with Crippen molar-refractivity contribution in [2.75, 3.05) is 13.7 Å². The highest BCUT2D eigenvalue weighted by Gasteiger charge is 2.18. The Morgan fingerprint density at radius 1 is 1.38 bits per heavy atom. The van der Waals surface area contributed by atoms with Crippen molar-refractivity contribution in [3.05, 3.63) is 41.1 Å². The van der Waals surface area contributed by atoms with Crippen LogP contribution in [0.1, 0.15) is 25.5 Å². The zero-order valence-electron chi connectivity index (χ0n) is 13.5. The summed E-state index contributed by atoms with van der Waals surface area (Å²) in [7, 11) is 1.62. The number of hydrogen-bond acceptors (Lipinski definition) is 6. The Kier molecular flexibility index (Phi) is 4.99. The Bertz CT molecular complexity index is 818. The van der Waals surface area contributed by atoms with Crippen LogP contribution in [0.15, 0.2) is 35.4 Å². The molecule has 5 nitrogen and oxygen atoms in total. The van der Waals surface area contributed by atoms with Gasteiger partial charge in [-0.05, 0) is 30.7 Å². The molecule has 0 radical (unpaired) electrons. The van der Waals surface area contributed by atoms with Gasteiger partial charge in [0.05, 0.1) is 13.7 Å². The number of hydrogen-bond donors (Lipinski definition) is 0. The van der Waals surface area contributed by atoms with Crippen molar-refractivity contribution in [3.8, 4) is 22.1 Å². The zero-order chi connectivity index (χ0) is 16.9. The summed E-state index contributed by atoms with van der Waals surface area (Å²) >= 11 is 1.51. The molecule has 0 bridgehead atoms. The van der Waals surface area contributed by atoms with Crippen molar-refractivity contribution in [1.82, 2.24) is 4.98 Å².